The van der Waals surface area contributed by atoms with Gasteiger partial charge >= 0.3 is 0 Å². The highest BCUT2D eigenvalue weighted by Crippen LogP contribution is 2.18. The number of nitrogens with one attached hydrogen (secondary N) is 2. The molecule has 0 unspecified atom stereocenters. The molecule has 3 rings (SSSR count). The van der Waals surface area contributed by atoms with Crippen molar-refractivity contribution in [3.05, 3.63) is 59.7 Å². The van der Waals surface area contributed by atoms with E-state index in [0.717, 1.165) is 43.3 Å². The minimum atomic E-state index is 0.259. The molecule has 0 saturated carbocycles. The van der Waals surface area contributed by atoms with Gasteiger partial charge in [0.05, 0.1) is 12.6 Å². The van der Waals surface area contributed by atoms with E-state index in [1.54, 1.807) is 0 Å². The fraction of sp³-hybridized carbons (Fsp3) is 0.350. The standard InChI is InChI=1S/C20H25N3O/c1-3-15(2)24-19-10-6-17(7-11-19)14-16-4-8-18(9-5-16)23-20-21-12-13-22-20/h4-11,15H,3,12-14H2,1-2H3,(H2,21,22,23)/t15-/m1/s1. The predicted molar refractivity (Wildman–Crippen MR) is 100.0 cm³/mol. The number of aliphatic imine (C=N–C) groups is 1. The molecular formula is C20H25N3O. The molecule has 2 aromatic rings. The third-order valence-electron chi connectivity index (χ3n) is 4.13. The topological polar surface area (TPSA) is 45.6 Å². The Morgan fingerprint density at radius 1 is 1.08 bits per heavy atom. The van der Waals surface area contributed by atoms with Crippen LogP contribution < -0.4 is 15.4 Å². The molecule has 1 aliphatic rings. The molecule has 4 heteroatoms. The quantitative estimate of drug-likeness (QED) is 0.849. The summed E-state index contributed by atoms with van der Waals surface area (Å²) in [6.07, 6.45) is 2.20. The number of anilines is 1. The van der Waals surface area contributed by atoms with Gasteiger partial charge in [0.25, 0.3) is 0 Å². The predicted octanol–water partition coefficient (Wildman–Crippen LogP) is 3.83. The summed E-state index contributed by atoms with van der Waals surface area (Å²) in [5.74, 6) is 1.80. The molecule has 0 spiro atoms. The first kappa shape index (κ1) is 16.4. The first-order chi connectivity index (χ1) is 11.7. The molecule has 0 saturated heterocycles. The Hall–Kier alpha value is -2.49. The zero-order chi connectivity index (χ0) is 16.8. The summed E-state index contributed by atoms with van der Waals surface area (Å²) in [4.78, 5) is 4.34. The second kappa shape index (κ2) is 7.86. The number of rotatable bonds is 6. The van der Waals surface area contributed by atoms with Crippen molar-refractivity contribution >= 4 is 11.6 Å². The first-order valence-corrected chi connectivity index (χ1v) is 8.63. The fourth-order valence-corrected chi connectivity index (χ4v) is 2.56. The van der Waals surface area contributed by atoms with Crippen LogP contribution in [0.4, 0.5) is 5.69 Å². The largest absolute Gasteiger partial charge is 0.491 e. The maximum absolute atomic E-state index is 5.82. The van der Waals surface area contributed by atoms with Gasteiger partial charge in [0, 0.05) is 12.2 Å². The van der Waals surface area contributed by atoms with Crippen molar-refractivity contribution in [1.29, 1.82) is 0 Å². The highest BCUT2D eigenvalue weighted by atomic mass is 16.5. The highest BCUT2D eigenvalue weighted by molar-refractivity contribution is 5.94. The van der Waals surface area contributed by atoms with Crippen LogP contribution in [0.1, 0.15) is 31.4 Å². The lowest BCUT2D eigenvalue weighted by Crippen LogP contribution is -2.26. The number of ether oxygens (including phenoxy) is 1. The molecule has 0 aromatic heterocycles. The first-order valence-electron chi connectivity index (χ1n) is 8.63. The van der Waals surface area contributed by atoms with Gasteiger partial charge < -0.3 is 15.4 Å². The zero-order valence-corrected chi connectivity index (χ0v) is 14.4. The van der Waals surface area contributed by atoms with E-state index in [1.165, 1.54) is 11.1 Å². The van der Waals surface area contributed by atoms with Gasteiger partial charge in [-0.3, -0.25) is 4.99 Å². The lowest BCUT2D eigenvalue weighted by molar-refractivity contribution is 0.217. The lowest BCUT2D eigenvalue weighted by Gasteiger charge is -2.13. The molecule has 2 N–H and O–H groups in total. The fourth-order valence-electron chi connectivity index (χ4n) is 2.56. The molecule has 4 nitrogen and oxygen atoms in total. The van der Waals surface area contributed by atoms with Gasteiger partial charge in [-0.25, -0.2) is 0 Å². The third-order valence-corrected chi connectivity index (χ3v) is 4.13. The van der Waals surface area contributed by atoms with Gasteiger partial charge in [0.2, 0.25) is 0 Å². The van der Waals surface area contributed by atoms with E-state index in [4.69, 9.17) is 4.74 Å². The Morgan fingerprint density at radius 2 is 1.75 bits per heavy atom. The van der Waals surface area contributed by atoms with Crippen molar-refractivity contribution in [2.75, 3.05) is 18.4 Å². The van der Waals surface area contributed by atoms with Crippen LogP contribution in [0.5, 0.6) is 5.75 Å². The van der Waals surface area contributed by atoms with Gasteiger partial charge in [-0.1, -0.05) is 31.2 Å². The molecule has 24 heavy (non-hydrogen) atoms. The van der Waals surface area contributed by atoms with Crippen LogP contribution in [0.3, 0.4) is 0 Å². The number of hydrogen-bond acceptors (Lipinski definition) is 4. The Morgan fingerprint density at radius 3 is 2.33 bits per heavy atom. The summed E-state index contributed by atoms with van der Waals surface area (Å²) in [6, 6.07) is 16.9. The van der Waals surface area contributed by atoms with E-state index in [2.05, 4.69) is 78.0 Å². The summed E-state index contributed by atoms with van der Waals surface area (Å²) in [6.45, 7) is 5.98. The van der Waals surface area contributed by atoms with Crippen molar-refractivity contribution in [2.24, 2.45) is 4.99 Å². The average Bonchev–Trinajstić information content (AvgIpc) is 3.11. The average molecular weight is 323 g/mol. The summed E-state index contributed by atoms with van der Waals surface area (Å²) in [7, 11) is 0. The smallest absolute Gasteiger partial charge is 0.195 e. The highest BCUT2D eigenvalue weighted by Gasteiger charge is 2.05. The van der Waals surface area contributed by atoms with E-state index < -0.39 is 0 Å². The van der Waals surface area contributed by atoms with Crippen molar-refractivity contribution in [2.45, 2.75) is 32.8 Å². The molecule has 0 amide bonds. The maximum Gasteiger partial charge on any atom is 0.195 e. The van der Waals surface area contributed by atoms with Crippen LogP contribution in [0.25, 0.3) is 0 Å². The summed E-state index contributed by atoms with van der Waals surface area (Å²) < 4.78 is 5.82. The van der Waals surface area contributed by atoms with Crippen LogP contribution in [0.2, 0.25) is 0 Å². The van der Waals surface area contributed by atoms with E-state index in [1.807, 2.05) is 0 Å². The van der Waals surface area contributed by atoms with Crippen molar-refractivity contribution in [1.82, 2.24) is 5.32 Å². The summed E-state index contributed by atoms with van der Waals surface area (Å²) >= 11 is 0. The molecule has 0 bridgehead atoms. The Balaban J connectivity index is 1.57. The molecule has 126 valence electrons. The third kappa shape index (κ3) is 4.51. The van der Waals surface area contributed by atoms with E-state index in [-0.39, 0.29) is 6.10 Å². The lowest BCUT2D eigenvalue weighted by atomic mass is 10.0. The van der Waals surface area contributed by atoms with Gasteiger partial charge in [-0.2, -0.15) is 0 Å². The van der Waals surface area contributed by atoms with Crippen LogP contribution in [0, 0.1) is 0 Å². The SMILES string of the molecule is CC[C@@H](C)Oc1ccc(Cc2ccc(NC3=NCCN3)cc2)cc1. The van der Waals surface area contributed by atoms with Crippen LogP contribution >= 0.6 is 0 Å². The van der Waals surface area contributed by atoms with E-state index in [9.17, 15) is 0 Å². The number of nitrogens with zero attached hydrogens (tertiary/aromatic N) is 1. The minimum Gasteiger partial charge on any atom is -0.491 e. The monoisotopic (exact) mass is 323 g/mol. The molecule has 1 atom stereocenters. The second-order valence-electron chi connectivity index (χ2n) is 6.14. The normalized spacial score (nSPS) is 14.7. The maximum atomic E-state index is 5.82. The van der Waals surface area contributed by atoms with E-state index >= 15 is 0 Å². The van der Waals surface area contributed by atoms with Crippen LogP contribution in [-0.2, 0) is 6.42 Å². The molecular weight excluding hydrogens is 298 g/mol. The second-order valence-corrected chi connectivity index (χ2v) is 6.14. The number of guanidine groups is 1. The number of hydrogen-bond donors (Lipinski definition) is 2. The van der Waals surface area contributed by atoms with Crippen molar-refractivity contribution in [3.63, 3.8) is 0 Å². The molecule has 0 radical (unpaired) electrons. The number of benzene rings is 2. The van der Waals surface area contributed by atoms with Gasteiger partial charge in [0.1, 0.15) is 5.75 Å². The molecule has 2 aromatic carbocycles. The van der Waals surface area contributed by atoms with Gasteiger partial charge in [0.15, 0.2) is 5.96 Å². The zero-order valence-electron chi connectivity index (χ0n) is 14.4. The Bertz CT molecular complexity index is 677. The molecule has 1 aliphatic heterocycles. The summed E-state index contributed by atoms with van der Waals surface area (Å²) in [5, 5.41) is 6.49. The molecule has 0 aliphatic carbocycles. The van der Waals surface area contributed by atoms with Crippen LogP contribution in [-0.4, -0.2) is 25.2 Å². The Labute approximate surface area is 144 Å². The van der Waals surface area contributed by atoms with Crippen molar-refractivity contribution in [3.8, 4) is 5.75 Å². The molecule has 0 fully saturated rings. The van der Waals surface area contributed by atoms with Crippen LogP contribution in [0.15, 0.2) is 53.5 Å². The minimum absolute atomic E-state index is 0.259. The Kier molecular flexibility index (Phi) is 5.36. The van der Waals surface area contributed by atoms with Gasteiger partial charge in [-0.15, -0.1) is 0 Å². The molecule has 1 heterocycles. The summed E-state index contributed by atoms with van der Waals surface area (Å²) in [5.41, 5.74) is 3.63. The van der Waals surface area contributed by atoms with E-state index in [0.29, 0.717) is 0 Å². The van der Waals surface area contributed by atoms with Gasteiger partial charge in [-0.05, 0) is 55.2 Å². The van der Waals surface area contributed by atoms with Crippen molar-refractivity contribution < 1.29 is 4.74 Å².